The molecule has 3 rings (SSSR count). The van der Waals surface area contributed by atoms with Gasteiger partial charge in [0.1, 0.15) is 0 Å². The van der Waals surface area contributed by atoms with Gasteiger partial charge in [-0.15, -0.1) is 0 Å². The first kappa shape index (κ1) is 14.7. The van der Waals surface area contributed by atoms with Crippen LogP contribution >= 0.6 is 11.8 Å². The van der Waals surface area contributed by atoms with E-state index in [-0.39, 0.29) is 0 Å². The van der Waals surface area contributed by atoms with Crippen molar-refractivity contribution < 1.29 is 4.79 Å². The van der Waals surface area contributed by atoms with E-state index in [4.69, 9.17) is 0 Å². The molecular formula is C16H28N2OS. The molecule has 2 aliphatic heterocycles. The van der Waals surface area contributed by atoms with Crippen molar-refractivity contribution in [3.8, 4) is 0 Å². The predicted octanol–water partition coefficient (Wildman–Crippen LogP) is 2.51. The van der Waals surface area contributed by atoms with Crippen LogP contribution in [-0.4, -0.2) is 47.5 Å². The third-order valence-electron chi connectivity index (χ3n) is 5.15. The zero-order valence-electron chi connectivity index (χ0n) is 13.1. The molecule has 1 N–H and O–H groups in total. The minimum atomic E-state index is 0.358. The summed E-state index contributed by atoms with van der Waals surface area (Å²) >= 11 is 1.97. The number of carbonyl (C=O) groups is 1. The van der Waals surface area contributed by atoms with Crippen molar-refractivity contribution in [3.05, 3.63) is 0 Å². The lowest BCUT2D eigenvalue weighted by atomic mass is 9.65. The molecule has 114 valence electrons. The average Bonchev–Trinajstić information content (AvgIpc) is 2.60. The van der Waals surface area contributed by atoms with Crippen LogP contribution < -0.4 is 5.32 Å². The van der Waals surface area contributed by atoms with Crippen molar-refractivity contribution in [2.45, 2.75) is 58.5 Å². The number of carbonyl (C=O) groups excluding carboxylic acids is 1. The van der Waals surface area contributed by atoms with Gasteiger partial charge in [0.2, 0.25) is 5.91 Å². The standard InChI is InChI=1S/C16H28N2OS/c1-15(2)7-13-8-16(3,10-15)11-18(13)14(19)6-12-9-20-5-4-17-12/h12-13,17H,4-11H2,1-3H3. The predicted molar refractivity (Wildman–Crippen MR) is 85.0 cm³/mol. The van der Waals surface area contributed by atoms with Crippen molar-refractivity contribution in [2.24, 2.45) is 10.8 Å². The van der Waals surface area contributed by atoms with Crippen LogP contribution in [-0.2, 0) is 4.79 Å². The van der Waals surface area contributed by atoms with Gasteiger partial charge in [-0.25, -0.2) is 0 Å². The SMILES string of the molecule is CC1(C)CC2CC(C)(CN2C(=O)CC2CSCCN2)C1. The molecule has 3 atom stereocenters. The van der Waals surface area contributed by atoms with E-state index in [1.54, 1.807) is 0 Å². The quantitative estimate of drug-likeness (QED) is 0.850. The fraction of sp³-hybridized carbons (Fsp3) is 0.938. The lowest BCUT2D eigenvalue weighted by molar-refractivity contribution is -0.132. The van der Waals surface area contributed by atoms with Gasteiger partial charge in [-0.05, 0) is 30.1 Å². The lowest BCUT2D eigenvalue weighted by Gasteiger charge is -2.39. The molecule has 2 bridgehead atoms. The lowest BCUT2D eigenvalue weighted by Crippen LogP contribution is -2.44. The smallest absolute Gasteiger partial charge is 0.224 e. The molecule has 0 radical (unpaired) electrons. The largest absolute Gasteiger partial charge is 0.339 e. The fourth-order valence-electron chi connectivity index (χ4n) is 4.83. The van der Waals surface area contributed by atoms with Crippen molar-refractivity contribution in [1.82, 2.24) is 10.2 Å². The van der Waals surface area contributed by atoms with Crippen molar-refractivity contribution in [1.29, 1.82) is 0 Å². The molecule has 1 aliphatic carbocycles. The maximum Gasteiger partial charge on any atom is 0.224 e. The summed E-state index contributed by atoms with van der Waals surface area (Å²) in [5.41, 5.74) is 0.752. The molecule has 20 heavy (non-hydrogen) atoms. The van der Waals surface area contributed by atoms with E-state index < -0.39 is 0 Å². The van der Waals surface area contributed by atoms with Crippen molar-refractivity contribution >= 4 is 17.7 Å². The van der Waals surface area contributed by atoms with Gasteiger partial charge >= 0.3 is 0 Å². The third kappa shape index (κ3) is 3.01. The van der Waals surface area contributed by atoms with Crippen molar-refractivity contribution in [3.63, 3.8) is 0 Å². The summed E-state index contributed by atoms with van der Waals surface area (Å²) in [6.45, 7) is 9.15. The van der Waals surface area contributed by atoms with E-state index in [9.17, 15) is 4.79 Å². The minimum absolute atomic E-state index is 0.358. The Morgan fingerprint density at radius 2 is 2.15 bits per heavy atom. The normalized spacial score (nSPS) is 39.9. The number of thioether (sulfide) groups is 1. The molecule has 1 saturated carbocycles. The van der Waals surface area contributed by atoms with Crippen LogP contribution in [0.15, 0.2) is 0 Å². The molecular weight excluding hydrogens is 268 g/mol. The van der Waals surface area contributed by atoms with E-state index in [0.29, 0.717) is 35.2 Å². The molecule has 0 aromatic rings. The first-order valence-electron chi connectivity index (χ1n) is 7.98. The van der Waals surface area contributed by atoms with Gasteiger partial charge in [-0.1, -0.05) is 20.8 Å². The average molecular weight is 296 g/mol. The van der Waals surface area contributed by atoms with Crippen LogP contribution in [0.25, 0.3) is 0 Å². The highest BCUT2D eigenvalue weighted by molar-refractivity contribution is 7.99. The minimum Gasteiger partial charge on any atom is -0.339 e. The third-order valence-corrected chi connectivity index (χ3v) is 6.29. The Bertz CT molecular complexity index is 392. The summed E-state index contributed by atoms with van der Waals surface area (Å²) in [6.07, 6.45) is 4.36. The van der Waals surface area contributed by atoms with Gasteiger partial charge in [0, 0.05) is 43.1 Å². The van der Waals surface area contributed by atoms with Gasteiger partial charge in [-0.3, -0.25) is 4.79 Å². The first-order chi connectivity index (χ1) is 9.37. The Labute approximate surface area is 127 Å². The van der Waals surface area contributed by atoms with Gasteiger partial charge in [0.15, 0.2) is 0 Å². The Kier molecular flexibility index (Phi) is 3.83. The second-order valence-electron chi connectivity index (χ2n) is 8.17. The molecule has 3 unspecified atom stereocenters. The van der Waals surface area contributed by atoms with Crippen LogP contribution in [0.5, 0.6) is 0 Å². The molecule has 0 aromatic heterocycles. The van der Waals surface area contributed by atoms with E-state index >= 15 is 0 Å². The molecule has 2 saturated heterocycles. The molecule has 0 spiro atoms. The molecule has 0 aromatic carbocycles. The summed E-state index contributed by atoms with van der Waals surface area (Å²) < 4.78 is 0. The molecule has 3 aliphatic rings. The molecule has 4 heteroatoms. The van der Waals surface area contributed by atoms with Crippen LogP contribution in [0, 0.1) is 10.8 Å². The van der Waals surface area contributed by atoms with Crippen LogP contribution in [0.3, 0.4) is 0 Å². The number of rotatable bonds is 2. The Balaban J connectivity index is 1.64. The summed E-state index contributed by atoms with van der Waals surface area (Å²) in [7, 11) is 0. The first-order valence-corrected chi connectivity index (χ1v) is 9.13. The summed E-state index contributed by atoms with van der Waals surface area (Å²) in [6, 6.07) is 0.884. The second kappa shape index (κ2) is 5.20. The highest BCUT2D eigenvalue weighted by Gasteiger charge is 2.50. The maximum absolute atomic E-state index is 12.7. The van der Waals surface area contributed by atoms with Gasteiger partial charge in [0.05, 0.1) is 0 Å². The number of nitrogens with one attached hydrogen (secondary N) is 1. The second-order valence-corrected chi connectivity index (χ2v) is 9.32. The topological polar surface area (TPSA) is 32.3 Å². The van der Waals surface area contributed by atoms with Crippen molar-refractivity contribution in [2.75, 3.05) is 24.6 Å². The van der Waals surface area contributed by atoms with E-state index in [1.165, 1.54) is 25.0 Å². The van der Waals surface area contributed by atoms with Crippen LogP contribution in [0.4, 0.5) is 0 Å². The molecule has 3 nitrogen and oxygen atoms in total. The number of fused-ring (bicyclic) bond motifs is 2. The Hall–Kier alpha value is -0.220. The summed E-state index contributed by atoms with van der Waals surface area (Å²) in [4.78, 5) is 14.9. The molecule has 1 amide bonds. The van der Waals surface area contributed by atoms with Crippen LogP contribution in [0.1, 0.15) is 46.5 Å². The van der Waals surface area contributed by atoms with Gasteiger partial charge < -0.3 is 10.2 Å². The molecule has 2 heterocycles. The van der Waals surface area contributed by atoms with E-state index in [2.05, 4.69) is 31.0 Å². The number of nitrogens with zero attached hydrogens (tertiary/aromatic N) is 1. The molecule has 3 fully saturated rings. The van der Waals surface area contributed by atoms with Gasteiger partial charge in [-0.2, -0.15) is 11.8 Å². The van der Waals surface area contributed by atoms with E-state index in [0.717, 1.165) is 18.8 Å². The number of hydrogen-bond acceptors (Lipinski definition) is 3. The fourth-order valence-corrected chi connectivity index (χ4v) is 5.78. The zero-order valence-corrected chi connectivity index (χ0v) is 13.9. The summed E-state index contributed by atoms with van der Waals surface area (Å²) in [5.74, 6) is 2.66. The Morgan fingerprint density at radius 3 is 2.85 bits per heavy atom. The Morgan fingerprint density at radius 1 is 1.35 bits per heavy atom. The maximum atomic E-state index is 12.7. The monoisotopic (exact) mass is 296 g/mol. The van der Waals surface area contributed by atoms with E-state index in [1.807, 2.05) is 11.8 Å². The van der Waals surface area contributed by atoms with Gasteiger partial charge in [0.25, 0.3) is 0 Å². The number of hydrogen-bond donors (Lipinski definition) is 1. The zero-order chi connectivity index (χ0) is 14.4. The highest BCUT2D eigenvalue weighted by atomic mass is 32.2. The summed E-state index contributed by atoms with van der Waals surface area (Å²) in [5, 5.41) is 3.49. The number of likely N-dealkylation sites (tertiary alicyclic amines) is 1. The highest BCUT2D eigenvalue weighted by Crippen LogP contribution is 2.52. The van der Waals surface area contributed by atoms with Crippen LogP contribution in [0.2, 0.25) is 0 Å². The number of amides is 1.